The topological polar surface area (TPSA) is 136 Å². The summed E-state index contributed by atoms with van der Waals surface area (Å²) in [5.74, 6) is -0.255. The molecule has 12 heteroatoms. The van der Waals surface area contributed by atoms with Gasteiger partial charge >= 0.3 is 0 Å². The quantitative estimate of drug-likeness (QED) is 0.213. The number of ether oxygens (including phenoxy) is 1. The summed E-state index contributed by atoms with van der Waals surface area (Å²) < 4.78 is 5.94. The van der Waals surface area contributed by atoms with E-state index in [4.69, 9.17) is 4.74 Å². The lowest BCUT2D eigenvalue weighted by molar-refractivity contribution is -0.385. The molecule has 0 saturated carbocycles. The van der Waals surface area contributed by atoms with Crippen LogP contribution in [0.2, 0.25) is 0 Å². The number of hydrogen-bond acceptors (Lipinski definition) is 9. The van der Waals surface area contributed by atoms with Gasteiger partial charge in [-0.15, -0.1) is 10.2 Å². The van der Waals surface area contributed by atoms with Gasteiger partial charge in [-0.2, -0.15) is 0 Å². The second kappa shape index (κ2) is 10.5. The van der Waals surface area contributed by atoms with Gasteiger partial charge in [-0.1, -0.05) is 47.4 Å². The van der Waals surface area contributed by atoms with Gasteiger partial charge in [0.05, 0.1) is 23.0 Å². The molecular weight excluding hydrogens is 442 g/mol. The number of thioether (sulfide) groups is 1. The summed E-state index contributed by atoms with van der Waals surface area (Å²) in [6, 6.07) is 12.7. The normalized spacial score (nSPS) is 10.4. The zero-order valence-electron chi connectivity index (χ0n) is 16.2. The van der Waals surface area contributed by atoms with Crippen LogP contribution in [0.3, 0.4) is 0 Å². The molecule has 1 aromatic heterocycles. The van der Waals surface area contributed by atoms with E-state index in [1.807, 2.05) is 13.0 Å². The maximum Gasteiger partial charge on any atom is 0.282 e. The van der Waals surface area contributed by atoms with Crippen LogP contribution in [-0.4, -0.2) is 39.3 Å². The Morgan fingerprint density at radius 2 is 1.87 bits per heavy atom. The van der Waals surface area contributed by atoms with E-state index in [0.717, 1.165) is 23.1 Å². The van der Waals surface area contributed by atoms with Gasteiger partial charge in [0.2, 0.25) is 11.0 Å². The van der Waals surface area contributed by atoms with Gasteiger partial charge in [-0.3, -0.25) is 25.0 Å². The Labute approximate surface area is 185 Å². The van der Waals surface area contributed by atoms with Crippen LogP contribution in [0.25, 0.3) is 0 Å². The number of nitrogens with zero attached hydrogens (tertiary/aromatic N) is 3. The number of aromatic nitrogens is 2. The first-order valence-corrected chi connectivity index (χ1v) is 10.8. The molecule has 0 aliphatic heterocycles. The predicted molar refractivity (Wildman–Crippen MR) is 118 cm³/mol. The third-order valence-corrected chi connectivity index (χ3v) is 5.73. The molecule has 0 bridgehead atoms. The van der Waals surface area contributed by atoms with Gasteiger partial charge in [-0.25, -0.2) is 0 Å². The van der Waals surface area contributed by atoms with Crippen molar-refractivity contribution in [2.75, 3.05) is 23.0 Å². The molecule has 2 amide bonds. The minimum atomic E-state index is -0.662. The summed E-state index contributed by atoms with van der Waals surface area (Å²) in [4.78, 5) is 35.0. The van der Waals surface area contributed by atoms with E-state index >= 15 is 0 Å². The Balaban J connectivity index is 1.56. The molecule has 160 valence electrons. The van der Waals surface area contributed by atoms with Crippen molar-refractivity contribution in [3.05, 3.63) is 64.2 Å². The number of carbonyl (C=O) groups is 2. The number of carbonyl (C=O) groups excluding carboxylic acids is 2. The fourth-order valence-corrected chi connectivity index (χ4v) is 4.02. The molecule has 0 fully saturated rings. The highest BCUT2D eigenvalue weighted by Crippen LogP contribution is 2.28. The fraction of sp³-hybridized carbons (Fsp3) is 0.158. The zero-order valence-corrected chi connectivity index (χ0v) is 17.9. The van der Waals surface area contributed by atoms with Gasteiger partial charge in [0.15, 0.2) is 4.34 Å². The summed E-state index contributed by atoms with van der Waals surface area (Å²) >= 11 is 2.22. The predicted octanol–water partition coefficient (Wildman–Crippen LogP) is 3.83. The van der Waals surface area contributed by atoms with Crippen molar-refractivity contribution >= 4 is 51.4 Å². The molecule has 0 radical (unpaired) electrons. The highest BCUT2D eigenvalue weighted by molar-refractivity contribution is 8.01. The standard InChI is InChI=1S/C19H17N5O5S2/c1-2-29-15-10-6-4-8-13(15)20-16(25)11-30-19-23-22-18(31-19)21-17(26)12-7-3-5-9-14(12)24(27)28/h3-10H,2,11H2,1H3,(H,20,25)(H,21,22,26). The maximum atomic E-state index is 12.3. The number of para-hydroxylation sites is 3. The van der Waals surface area contributed by atoms with Crippen molar-refractivity contribution in [1.82, 2.24) is 10.2 Å². The van der Waals surface area contributed by atoms with Crippen molar-refractivity contribution in [3.8, 4) is 5.75 Å². The number of amides is 2. The van der Waals surface area contributed by atoms with Crippen LogP contribution < -0.4 is 15.4 Å². The first-order valence-electron chi connectivity index (χ1n) is 9.00. The highest BCUT2D eigenvalue weighted by Gasteiger charge is 2.20. The van der Waals surface area contributed by atoms with Crippen LogP contribution in [0.5, 0.6) is 5.75 Å². The first-order chi connectivity index (χ1) is 15.0. The molecule has 3 aromatic rings. The number of benzene rings is 2. The average Bonchev–Trinajstić information content (AvgIpc) is 3.21. The molecule has 0 aliphatic carbocycles. The van der Waals surface area contributed by atoms with Crippen molar-refractivity contribution in [2.24, 2.45) is 0 Å². The third kappa shape index (κ3) is 5.99. The third-order valence-electron chi connectivity index (χ3n) is 3.76. The summed E-state index contributed by atoms with van der Waals surface area (Å²) in [7, 11) is 0. The van der Waals surface area contributed by atoms with E-state index in [1.165, 1.54) is 24.3 Å². The first kappa shape index (κ1) is 22.2. The second-order valence-corrected chi connectivity index (χ2v) is 8.07. The molecule has 2 aromatic carbocycles. The van der Waals surface area contributed by atoms with Crippen molar-refractivity contribution < 1.29 is 19.2 Å². The van der Waals surface area contributed by atoms with Crippen LogP contribution in [0, 0.1) is 10.1 Å². The molecular formula is C19H17N5O5S2. The summed E-state index contributed by atoms with van der Waals surface area (Å²) in [5, 5.41) is 24.3. The van der Waals surface area contributed by atoms with Crippen LogP contribution in [0.4, 0.5) is 16.5 Å². The Bertz CT molecular complexity index is 1100. The molecule has 1 heterocycles. The zero-order chi connectivity index (χ0) is 22.2. The van der Waals surface area contributed by atoms with Crippen LogP contribution in [0.15, 0.2) is 52.9 Å². The maximum absolute atomic E-state index is 12.3. The Hall–Kier alpha value is -3.51. The van der Waals surface area contributed by atoms with E-state index in [0.29, 0.717) is 22.4 Å². The molecule has 31 heavy (non-hydrogen) atoms. The Kier molecular flexibility index (Phi) is 7.51. The number of nitro benzene ring substituents is 1. The average molecular weight is 460 g/mol. The van der Waals surface area contributed by atoms with E-state index in [-0.39, 0.29) is 28.0 Å². The second-order valence-electron chi connectivity index (χ2n) is 5.87. The van der Waals surface area contributed by atoms with Gasteiger partial charge in [0.25, 0.3) is 11.6 Å². The summed E-state index contributed by atoms with van der Waals surface area (Å²) in [6.07, 6.45) is 0. The van der Waals surface area contributed by atoms with Gasteiger partial charge in [0, 0.05) is 6.07 Å². The molecule has 0 atom stereocenters. The molecule has 0 aliphatic rings. The lowest BCUT2D eigenvalue weighted by Crippen LogP contribution is -2.14. The molecule has 10 nitrogen and oxygen atoms in total. The SMILES string of the molecule is CCOc1ccccc1NC(=O)CSc1nnc(NC(=O)c2ccccc2[N+](=O)[O-])s1. The number of hydrogen-bond donors (Lipinski definition) is 2. The van der Waals surface area contributed by atoms with E-state index in [9.17, 15) is 19.7 Å². The minimum Gasteiger partial charge on any atom is -0.492 e. The van der Waals surface area contributed by atoms with Crippen LogP contribution in [-0.2, 0) is 4.79 Å². The number of nitro groups is 1. The van der Waals surface area contributed by atoms with Crippen LogP contribution >= 0.6 is 23.1 Å². The van der Waals surface area contributed by atoms with Gasteiger partial charge in [0.1, 0.15) is 11.3 Å². The number of rotatable bonds is 9. The van der Waals surface area contributed by atoms with Crippen molar-refractivity contribution in [3.63, 3.8) is 0 Å². The van der Waals surface area contributed by atoms with Crippen molar-refractivity contribution in [1.29, 1.82) is 0 Å². The van der Waals surface area contributed by atoms with E-state index in [2.05, 4.69) is 20.8 Å². The summed E-state index contributed by atoms with van der Waals surface area (Å²) in [5.41, 5.74) is 0.192. The summed E-state index contributed by atoms with van der Waals surface area (Å²) in [6.45, 7) is 2.34. The highest BCUT2D eigenvalue weighted by atomic mass is 32.2. The van der Waals surface area contributed by atoms with E-state index in [1.54, 1.807) is 18.2 Å². The molecule has 2 N–H and O–H groups in total. The Morgan fingerprint density at radius 3 is 2.65 bits per heavy atom. The number of nitrogens with one attached hydrogen (secondary N) is 2. The fourth-order valence-electron chi connectivity index (χ4n) is 2.47. The molecule has 0 saturated heterocycles. The van der Waals surface area contributed by atoms with E-state index < -0.39 is 10.8 Å². The Morgan fingerprint density at radius 1 is 1.13 bits per heavy atom. The lowest BCUT2D eigenvalue weighted by Gasteiger charge is -2.10. The van der Waals surface area contributed by atoms with Crippen LogP contribution in [0.1, 0.15) is 17.3 Å². The molecule has 0 unspecified atom stereocenters. The van der Waals surface area contributed by atoms with Gasteiger partial charge in [-0.05, 0) is 25.1 Å². The largest absolute Gasteiger partial charge is 0.492 e. The molecule has 0 spiro atoms. The number of anilines is 2. The van der Waals surface area contributed by atoms with Crippen molar-refractivity contribution in [2.45, 2.75) is 11.3 Å². The molecule has 3 rings (SSSR count). The lowest BCUT2D eigenvalue weighted by atomic mass is 10.1. The monoisotopic (exact) mass is 459 g/mol. The minimum absolute atomic E-state index is 0.0766. The smallest absolute Gasteiger partial charge is 0.282 e. The van der Waals surface area contributed by atoms with Gasteiger partial charge < -0.3 is 10.1 Å².